The second kappa shape index (κ2) is 15.6. The van der Waals surface area contributed by atoms with E-state index >= 15 is 0 Å². The number of methoxy groups -OCH3 is 1. The third-order valence-electron chi connectivity index (χ3n) is 4.37. The molecular weight excluding hydrogens is 476 g/mol. The molecule has 1 aliphatic heterocycles. The molecule has 2 N–H and O–H groups in total. The lowest BCUT2D eigenvalue weighted by Crippen LogP contribution is -2.41. The molecule has 0 bridgehead atoms. The molecule has 0 aromatic rings. The number of aliphatic imine (C=N–C) groups is 1. The maximum absolute atomic E-state index is 12.4. The van der Waals surface area contributed by atoms with Gasteiger partial charge in [0.15, 0.2) is 5.96 Å². The van der Waals surface area contributed by atoms with Crippen LogP contribution in [0, 0.1) is 5.92 Å². The molecule has 1 heterocycles. The van der Waals surface area contributed by atoms with Crippen molar-refractivity contribution in [3.8, 4) is 0 Å². The predicted octanol–water partition coefficient (Wildman–Crippen LogP) is 2.49. The lowest BCUT2D eigenvalue weighted by molar-refractivity contribution is -0.148. The molecule has 0 amide bonds. The molecule has 0 atom stereocenters. The lowest BCUT2D eigenvalue weighted by Gasteiger charge is -2.32. The maximum atomic E-state index is 12.4. The van der Waals surface area contributed by atoms with Crippen LogP contribution in [-0.4, -0.2) is 83.7 Å². The molecule has 1 fully saturated rings. The summed E-state index contributed by atoms with van der Waals surface area (Å²) in [5.74, 6) is 1.22. The fourth-order valence-electron chi connectivity index (χ4n) is 2.93. The standard InChI is InChI=1S/C17H33F3N4O2.HI/c1-21-16(22-7-3-11-26-13-12-25-2)23-8-4-15-5-9-24(10-6-15)14-17(18,19)20;/h15H,3-14H2,1-2H3,(H2,21,22,23);1H. The molecule has 1 aliphatic rings. The minimum absolute atomic E-state index is 0. The second-order valence-corrected chi connectivity index (χ2v) is 6.51. The van der Waals surface area contributed by atoms with Crippen molar-refractivity contribution in [2.24, 2.45) is 10.9 Å². The minimum atomic E-state index is -4.10. The van der Waals surface area contributed by atoms with Gasteiger partial charge in [0.2, 0.25) is 0 Å². The van der Waals surface area contributed by atoms with E-state index in [0.717, 1.165) is 44.7 Å². The highest BCUT2D eigenvalue weighted by atomic mass is 127. The third-order valence-corrected chi connectivity index (χ3v) is 4.37. The maximum Gasteiger partial charge on any atom is 0.401 e. The van der Waals surface area contributed by atoms with Gasteiger partial charge in [0, 0.05) is 33.9 Å². The topological polar surface area (TPSA) is 58.1 Å². The first-order chi connectivity index (χ1) is 12.4. The fraction of sp³-hybridized carbons (Fsp3) is 0.941. The normalized spacial score (nSPS) is 16.9. The minimum Gasteiger partial charge on any atom is -0.382 e. The zero-order valence-corrected chi connectivity index (χ0v) is 18.6. The van der Waals surface area contributed by atoms with Crippen molar-refractivity contribution in [1.82, 2.24) is 15.5 Å². The summed E-state index contributed by atoms with van der Waals surface area (Å²) in [4.78, 5) is 5.67. The summed E-state index contributed by atoms with van der Waals surface area (Å²) in [6.45, 7) is 3.68. The van der Waals surface area contributed by atoms with Crippen LogP contribution in [0.1, 0.15) is 25.7 Å². The van der Waals surface area contributed by atoms with Gasteiger partial charge < -0.3 is 20.1 Å². The van der Waals surface area contributed by atoms with Gasteiger partial charge in [0.25, 0.3) is 0 Å². The molecule has 162 valence electrons. The Labute approximate surface area is 177 Å². The van der Waals surface area contributed by atoms with Crippen LogP contribution in [0.5, 0.6) is 0 Å². The highest BCUT2D eigenvalue weighted by Gasteiger charge is 2.32. The van der Waals surface area contributed by atoms with Crippen molar-refractivity contribution in [1.29, 1.82) is 0 Å². The van der Waals surface area contributed by atoms with Crippen molar-refractivity contribution in [2.75, 3.05) is 66.7 Å². The average Bonchev–Trinajstić information content (AvgIpc) is 2.59. The zero-order valence-electron chi connectivity index (χ0n) is 16.3. The van der Waals surface area contributed by atoms with E-state index in [2.05, 4.69) is 15.6 Å². The van der Waals surface area contributed by atoms with Gasteiger partial charge in [0.05, 0.1) is 19.8 Å². The molecule has 1 saturated heterocycles. The third kappa shape index (κ3) is 14.3. The van der Waals surface area contributed by atoms with E-state index in [0.29, 0.717) is 38.8 Å². The Morgan fingerprint density at radius 1 is 1.11 bits per heavy atom. The molecule has 0 saturated carbocycles. The average molecular weight is 510 g/mol. The molecule has 1 rings (SSSR count). The van der Waals surface area contributed by atoms with Crippen LogP contribution in [0.25, 0.3) is 0 Å². The van der Waals surface area contributed by atoms with Crippen molar-refractivity contribution in [2.45, 2.75) is 31.9 Å². The fourth-order valence-corrected chi connectivity index (χ4v) is 2.93. The summed E-state index contributed by atoms with van der Waals surface area (Å²) < 4.78 is 47.5. The number of nitrogens with zero attached hydrogens (tertiary/aromatic N) is 2. The Kier molecular flexibility index (Phi) is 15.4. The van der Waals surface area contributed by atoms with Crippen molar-refractivity contribution < 1.29 is 22.6 Å². The predicted molar refractivity (Wildman–Crippen MR) is 112 cm³/mol. The Bertz CT molecular complexity index is 393. The monoisotopic (exact) mass is 510 g/mol. The number of hydrogen-bond acceptors (Lipinski definition) is 4. The second-order valence-electron chi connectivity index (χ2n) is 6.51. The number of likely N-dealkylation sites (tertiary alicyclic amines) is 1. The molecule has 0 spiro atoms. The van der Waals surface area contributed by atoms with Gasteiger partial charge in [-0.1, -0.05) is 0 Å². The van der Waals surface area contributed by atoms with Gasteiger partial charge in [-0.2, -0.15) is 13.2 Å². The first kappa shape index (κ1) is 26.7. The van der Waals surface area contributed by atoms with Gasteiger partial charge in [-0.05, 0) is 44.7 Å². The number of piperidine rings is 1. The van der Waals surface area contributed by atoms with Gasteiger partial charge in [0.1, 0.15) is 0 Å². The van der Waals surface area contributed by atoms with E-state index in [-0.39, 0.29) is 24.0 Å². The summed E-state index contributed by atoms with van der Waals surface area (Å²) in [5, 5.41) is 6.49. The van der Waals surface area contributed by atoms with Crippen LogP contribution in [0.15, 0.2) is 4.99 Å². The van der Waals surface area contributed by atoms with Gasteiger partial charge in [-0.25, -0.2) is 0 Å². The molecule has 0 aliphatic carbocycles. The largest absolute Gasteiger partial charge is 0.401 e. The Balaban J connectivity index is 0.00000676. The summed E-state index contributed by atoms with van der Waals surface area (Å²) in [7, 11) is 3.37. The van der Waals surface area contributed by atoms with Crippen molar-refractivity contribution in [3.05, 3.63) is 0 Å². The van der Waals surface area contributed by atoms with Crippen LogP contribution < -0.4 is 10.6 Å². The summed E-state index contributed by atoms with van der Waals surface area (Å²) in [6.07, 6.45) is -0.630. The van der Waals surface area contributed by atoms with Crippen LogP contribution in [0.2, 0.25) is 0 Å². The Morgan fingerprint density at radius 3 is 2.37 bits per heavy atom. The van der Waals surface area contributed by atoms with Gasteiger partial charge in [-0.3, -0.25) is 9.89 Å². The van der Waals surface area contributed by atoms with Gasteiger partial charge >= 0.3 is 6.18 Å². The van der Waals surface area contributed by atoms with Gasteiger partial charge in [-0.15, -0.1) is 24.0 Å². The molecule has 6 nitrogen and oxygen atoms in total. The highest BCUT2D eigenvalue weighted by Crippen LogP contribution is 2.23. The molecule has 0 radical (unpaired) electrons. The number of rotatable bonds is 11. The lowest BCUT2D eigenvalue weighted by atomic mass is 9.93. The number of nitrogens with one attached hydrogen (secondary N) is 2. The highest BCUT2D eigenvalue weighted by molar-refractivity contribution is 14.0. The molecule has 10 heteroatoms. The van der Waals surface area contributed by atoms with Crippen LogP contribution in [0.3, 0.4) is 0 Å². The number of alkyl halides is 3. The van der Waals surface area contributed by atoms with E-state index in [9.17, 15) is 13.2 Å². The summed E-state index contributed by atoms with van der Waals surface area (Å²) in [6, 6.07) is 0. The number of ether oxygens (including phenoxy) is 2. The summed E-state index contributed by atoms with van der Waals surface area (Å²) in [5.41, 5.74) is 0. The van der Waals surface area contributed by atoms with Crippen LogP contribution in [-0.2, 0) is 9.47 Å². The molecular formula is C17H34F3IN4O2. The first-order valence-electron chi connectivity index (χ1n) is 9.25. The number of guanidine groups is 1. The quantitative estimate of drug-likeness (QED) is 0.194. The van der Waals surface area contributed by atoms with E-state index in [1.54, 1.807) is 14.2 Å². The zero-order chi connectivity index (χ0) is 19.3. The van der Waals surface area contributed by atoms with E-state index in [1.807, 2.05) is 0 Å². The van der Waals surface area contributed by atoms with Crippen molar-refractivity contribution >= 4 is 29.9 Å². The SMILES string of the molecule is CN=C(NCCCOCCOC)NCCC1CCN(CC(F)(F)F)CC1.I. The number of hydrogen-bond donors (Lipinski definition) is 2. The smallest absolute Gasteiger partial charge is 0.382 e. The molecule has 0 aromatic carbocycles. The molecule has 27 heavy (non-hydrogen) atoms. The Hall–Kier alpha value is -0.330. The van der Waals surface area contributed by atoms with Crippen LogP contribution in [0.4, 0.5) is 13.2 Å². The van der Waals surface area contributed by atoms with Crippen molar-refractivity contribution in [3.63, 3.8) is 0 Å². The number of halogens is 4. The summed E-state index contributed by atoms with van der Waals surface area (Å²) >= 11 is 0. The Morgan fingerprint density at radius 2 is 1.78 bits per heavy atom. The van der Waals surface area contributed by atoms with E-state index in [1.165, 1.54) is 4.90 Å². The van der Waals surface area contributed by atoms with Crippen LogP contribution >= 0.6 is 24.0 Å². The van der Waals surface area contributed by atoms with E-state index in [4.69, 9.17) is 9.47 Å². The first-order valence-corrected chi connectivity index (χ1v) is 9.25. The molecule has 0 aromatic heterocycles. The molecule has 0 unspecified atom stereocenters. The van der Waals surface area contributed by atoms with E-state index < -0.39 is 12.7 Å².